The van der Waals surface area contributed by atoms with Crippen LogP contribution in [0.15, 0.2) is 59.4 Å². The summed E-state index contributed by atoms with van der Waals surface area (Å²) >= 11 is 1.53. The first-order chi connectivity index (χ1) is 8.36. The Hall–Kier alpha value is -1.87. The molecular weight excluding hydrogens is 230 g/mol. The number of carbonyl (C=O) groups excluding carboxylic acids is 1. The van der Waals surface area contributed by atoms with E-state index in [1.54, 1.807) is 12.3 Å². The molecule has 2 rings (SSSR count). The molecule has 2 aromatic rings. The molecule has 1 N–H and O–H groups in total. The Morgan fingerprint density at radius 2 is 2.06 bits per heavy atom. The summed E-state index contributed by atoms with van der Waals surface area (Å²) in [5.74, 6) is 0.0341. The molecule has 0 aliphatic carbocycles. The lowest BCUT2D eigenvalue weighted by Gasteiger charge is -1.99. The van der Waals surface area contributed by atoms with E-state index in [1.165, 1.54) is 16.9 Å². The molecule has 0 atom stereocenters. The zero-order valence-electron chi connectivity index (χ0n) is 9.30. The van der Waals surface area contributed by atoms with E-state index in [1.807, 2.05) is 47.2 Å². The maximum absolute atomic E-state index is 11.6. The summed E-state index contributed by atoms with van der Waals surface area (Å²) in [6.07, 6.45) is 3.26. The quantitative estimate of drug-likeness (QED) is 0.645. The Morgan fingerprint density at radius 3 is 2.76 bits per heavy atom. The first-order valence-electron chi connectivity index (χ1n) is 5.36. The van der Waals surface area contributed by atoms with E-state index in [0.29, 0.717) is 0 Å². The Balaban J connectivity index is 1.81. The minimum Gasteiger partial charge on any atom is -0.387 e. The van der Waals surface area contributed by atoms with Gasteiger partial charge in [-0.2, -0.15) is 11.3 Å². The van der Waals surface area contributed by atoms with Crippen molar-refractivity contribution in [3.05, 3.63) is 70.6 Å². The topological polar surface area (TPSA) is 29.1 Å². The van der Waals surface area contributed by atoms with Crippen molar-refractivity contribution in [1.82, 2.24) is 5.32 Å². The van der Waals surface area contributed by atoms with E-state index in [-0.39, 0.29) is 5.78 Å². The Labute approximate surface area is 105 Å². The van der Waals surface area contributed by atoms with Crippen molar-refractivity contribution in [1.29, 1.82) is 0 Å². The SMILES string of the molecule is O=C(/C=C/NCc1ccccc1)c1ccsc1. The molecule has 1 heterocycles. The summed E-state index contributed by atoms with van der Waals surface area (Å²) in [5, 5.41) is 6.85. The molecule has 1 aromatic carbocycles. The minimum atomic E-state index is 0.0341. The molecule has 0 unspecified atom stereocenters. The van der Waals surface area contributed by atoms with E-state index in [9.17, 15) is 4.79 Å². The van der Waals surface area contributed by atoms with Crippen molar-refractivity contribution < 1.29 is 4.79 Å². The average molecular weight is 243 g/mol. The van der Waals surface area contributed by atoms with Gasteiger partial charge >= 0.3 is 0 Å². The highest BCUT2D eigenvalue weighted by atomic mass is 32.1. The molecular formula is C14H13NOS. The summed E-state index contributed by atoms with van der Waals surface area (Å²) in [7, 11) is 0. The van der Waals surface area contributed by atoms with Crippen molar-refractivity contribution in [2.75, 3.05) is 0 Å². The van der Waals surface area contributed by atoms with Crippen LogP contribution in [0.2, 0.25) is 0 Å². The van der Waals surface area contributed by atoms with Gasteiger partial charge in [-0.3, -0.25) is 4.79 Å². The Bertz CT molecular complexity index is 488. The largest absolute Gasteiger partial charge is 0.387 e. The fourth-order valence-electron chi connectivity index (χ4n) is 1.41. The number of hydrogen-bond acceptors (Lipinski definition) is 3. The molecule has 0 saturated heterocycles. The molecule has 0 bridgehead atoms. The fourth-order valence-corrected chi connectivity index (χ4v) is 2.05. The van der Waals surface area contributed by atoms with E-state index in [2.05, 4.69) is 5.32 Å². The second-order valence-corrected chi connectivity index (χ2v) is 4.36. The van der Waals surface area contributed by atoms with Crippen LogP contribution >= 0.6 is 11.3 Å². The van der Waals surface area contributed by atoms with E-state index in [0.717, 1.165) is 12.1 Å². The first-order valence-corrected chi connectivity index (χ1v) is 6.31. The molecule has 0 aliphatic heterocycles. The number of allylic oxidation sites excluding steroid dienone is 1. The molecule has 3 heteroatoms. The maximum atomic E-state index is 11.6. The highest BCUT2D eigenvalue weighted by molar-refractivity contribution is 7.08. The van der Waals surface area contributed by atoms with Crippen LogP contribution in [0.1, 0.15) is 15.9 Å². The minimum absolute atomic E-state index is 0.0341. The summed E-state index contributed by atoms with van der Waals surface area (Å²) < 4.78 is 0. The van der Waals surface area contributed by atoms with Crippen molar-refractivity contribution in [3.8, 4) is 0 Å². The van der Waals surface area contributed by atoms with Crippen molar-refractivity contribution in [2.24, 2.45) is 0 Å². The smallest absolute Gasteiger partial charge is 0.188 e. The van der Waals surface area contributed by atoms with Crippen molar-refractivity contribution in [2.45, 2.75) is 6.54 Å². The van der Waals surface area contributed by atoms with Crippen LogP contribution < -0.4 is 5.32 Å². The van der Waals surface area contributed by atoms with Gasteiger partial charge in [-0.25, -0.2) is 0 Å². The number of rotatable bonds is 5. The average Bonchev–Trinajstić information content (AvgIpc) is 2.89. The first kappa shape index (κ1) is 11.6. The molecule has 0 amide bonds. The van der Waals surface area contributed by atoms with E-state index >= 15 is 0 Å². The number of thiophene rings is 1. The molecule has 0 aliphatic rings. The van der Waals surface area contributed by atoms with Gasteiger partial charge in [0.05, 0.1) is 0 Å². The van der Waals surface area contributed by atoms with Crippen LogP contribution in [-0.4, -0.2) is 5.78 Å². The molecule has 2 nitrogen and oxygen atoms in total. The lowest BCUT2D eigenvalue weighted by Crippen LogP contribution is -2.05. The fraction of sp³-hybridized carbons (Fsp3) is 0.0714. The number of ketones is 1. The van der Waals surface area contributed by atoms with Gasteiger partial charge in [0.1, 0.15) is 0 Å². The van der Waals surface area contributed by atoms with Crippen LogP contribution in [0.3, 0.4) is 0 Å². The van der Waals surface area contributed by atoms with Crippen LogP contribution in [0, 0.1) is 0 Å². The number of benzene rings is 1. The lowest BCUT2D eigenvalue weighted by atomic mass is 10.2. The zero-order valence-corrected chi connectivity index (χ0v) is 10.1. The van der Waals surface area contributed by atoms with E-state index < -0.39 is 0 Å². The second kappa shape index (κ2) is 6.01. The summed E-state index contributed by atoms with van der Waals surface area (Å²) in [5.41, 5.74) is 1.94. The highest BCUT2D eigenvalue weighted by Gasteiger charge is 1.99. The van der Waals surface area contributed by atoms with Gasteiger partial charge in [0.15, 0.2) is 5.78 Å². The van der Waals surface area contributed by atoms with Crippen LogP contribution in [-0.2, 0) is 6.54 Å². The molecule has 0 radical (unpaired) electrons. The number of hydrogen-bond donors (Lipinski definition) is 1. The van der Waals surface area contributed by atoms with Gasteiger partial charge in [0.2, 0.25) is 0 Å². The number of carbonyl (C=O) groups is 1. The highest BCUT2D eigenvalue weighted by Crippen LogP contribution is 2.07. The zero-order chi connectivity index (χ0) is 11.9. The van der Waals surface area contributed by atoms with Crippen molar-refractivity contribution >= 4 is 17.1 Å². The summed E-state index contributed by atoms with van der Waals surface area (Å²) in [6, 6.07) is 11.9. The van der Waals surface area contributed by atoms with Gasteiger partial charge in [0.25, 0.3) is 0 Å². The van der Waals surface area contributed by atoms with Crippen LogP contribution in [0.4, 0.5) is 0 Å². The van der Waals surface area contributed by atoms with Crippen molar-refractivity contribution in [3.63, 3.8) is 0 Å². The third-order valence-corrected chi connectivity index (χ3v) is 2.99. The molecule has 0 spiro atoms. The maximum Gasteiger partial charge on any atom is 0.188 e. The van der Waals surface area contributed by atoms with Gasteiger partial charge in [-0.15, -0.1) is 0 Å². The molecule has 17 heavy (non-hydrogen) atoms. The monoisotopic (exact) mass is 243 g/mol. The summed E-state index contributed by atoms with van der Waals surface area (Å²) in [4.78, 5) is 11.6. The molecule has 0 fully saturated rings. The predicted molar refractivity (Wildman–Crippen MR) is 71.1 cm³/mol. The normalized spacial score (nSPS) is 10.6. The van der Waals surface area contributed by atoms with Gasteiger partial charge in [-0.1, -0.05) is 30.3 Å². The van der Waals surface area contributed by atoms with Gasteiger partial charge < -0.3 is 5.32 Å². The van der Waals surface area contributed by atoms with Gasteiger partial charge in [-0.05, 0) is 17.0 Å². The Morgan fingerprint density at radius 1 is 1.24 bits per heavy atom. The predicted octanol–water partition coefficient (Wildman–Crippen LogP) is 3.23. The summed E-state index contributed by atoms with van der Waals surface area (Å²) in [6.45, 7) is 0.730. The third kappa shape index (κ3) is 3.57. The standard InChI is InChI=1S/C14H13NOS/c16-14(13-7-9-17-11-13)6-8-15-10-12-4-2-1-3-5-12/h1-9,11,15H,10H2/b8-6+. The molecule has 86 valence electrons. The van der Waals surface area contributed by atoms with E-state index in [4.69, 9.17) is 0 Å². The molecule has 1 aromatic heterocycles. The lowest BCUT2D eigenvalue weighted by molar-refractivity contribution is 0.104. The third-order valence-electron chi connectivity index (χ3n) is 2.31. The van der Waals surface area contributed by atoms with Crippen LogP contribution in [0.25, 0.3) is 0 Å². The Kier molecular flexibility index (Phi) is 4.11. The van der Waals surface area contributed by atoms with Crippen LogP contribution in [0.5, 0.6) is 0 Å². The van der Waals surface area contributed by atoms with Gasteiger partial charge in [0, 0.05) is 29.8 Å². The molecule has 0 saturated carbocycles. The second-order valence-electron chi connectivity index (χ2n) is 3.58. The number of nitrogens with one attached hydrogen (secondary N) is 1.